The van der Waals surface area contributed by atoms with Gasteiger partial charge in [0.2, 0.25) is 0 Å². The summed E-state index contributed by atoms with van der Waals surface area (Å²) >= 11 is 0. The van der Waals surface area contributed by atoms with Crippen LogP contribution >= 0.6 is 0 Å². The van der Waals surface area contributed by atoms with Crippen molar-refractivity contribution in [3.8, 4) is 0 Å². The summed E-state index contributed by atoms with van der Waals surface area (Å²) in [5, 5.41) is 12.2. The number of carbonyl (C=O) groups excluding carboxylic acids is 1. The van der Waals surface area contributed by atoms with Crippen LogP contribution in [0.15, 0.2) is 0 Å². The van der Waals surface area contributed by atoms with Crippen LogP contribution in [-0.2, 0) is 9.53 Å². The predicted molar refractivity (Wildman–Crippen MR) is 78.2 cm³/mol. The molecular formula is C15H26N2O4. The van der Waals surface area contributed by atoms with Gasteiger partial charge >= 0.3 is 12.0 Å². The van der Waals surface area contributed by atoms with Crippen molar-refractivity contribution in [3.05, 3.63) is 0 Å². The second-order valence-corrected chi connectivity index (χ2v) is 6.19. The summed E-state index contributed by atoms with van der Waals surface area (Å²) in [5.41, 5.74) is -0.568. The van der Waals surface area contributed by atoms with Gasteiger partial charge in [0.15, 0.2) is 0 Å². The number of nitrogens with zero attached hydrogens (tertiary/aromatic N) is 1. The minimum absolute atomic E-state index is 0.0142. The van der Waals surface area contributed by atoms with Crippen molar-refractivity contribution >= 4 is 12.0 Å². The molecule has 2 aliphatic rings. The maximum Gasteiger partial charge on any atom is 0.318 e. The highest BCUT2D eigenvalue weighted by atomic mass is 16.5. The number of amides is 2. The molecule has 0 aromatic carbocycles. The summed E-state index contributed by atoms with van der Waals surface area (Å²) < 4.78 is 5.57. The Morgan fingerprint density at radius 3 is 2.67 bits per heavy atom. The molecule has 1 saturated heterocycles. The number of hydrogen-bond donors (Lipinski definition) is 2. The Kier molecular flexibility index (Phi) is 5.45. The van der Waals surface area contributed by atoms with Crippen LogP contribution in [0.4, 0.5) is 4.79 Å². The van der Waals surface area contributed by atoms with Gasteiger partial charge in [-0.3, -0.25) is 4.79 Å². The normalized spacial score (nSPS) is 25.4. The third-order valence-electron chi connectivity index (χ3n) is 4.55. The van der Waals surface area contributed by atoms with Crippen molar-refractivity contribution in [1.82, 2.24) is 10.2 Å². The van der Waals surface area contributed by atoms with Gasteiger partial charge in [-0.15, -0.1) is 0 Å². The number of carbonyl (C=O) groups is 2. The third-order valence-corrected chi connectivity index (χ3v) is 4.55. The number of aliphatic carboxylic acids is 1. The molecular weight excluding hydrogens is 272 g/mol. The lowest BCUT2D eigenvalue weighted by Gasteiger charge is -2.40. The summed E-state index contributed by atoms with van der Waals surface area (Å²) in [6.45, 7) is 3.76. The minimum atomic E-state index is -0.842. The van der Waals surface area contributed by atoms with Gasteiger partial charge in [-0.2, -0.15) is 0 Å². The molecule has 0 aromatic rings. The fourth-order valence-electron chi connectivity index (χ4n) is 3.32. The zero-order valence-electron chi connectivity index (χ0n) is 12.8. The van der Waals surface area contributed by atoms with Crippen molar-refractivity contribution < 1.29 is 19.4 Å². The van der Waals surface area contributed by atoms with E-state index in [2.05, 4.69) is 5.32 Å². The second-order valence-electron chi connectivity index (χ2n) is 6.19. The van der Waals surface area contributed by atoms with E-state index in [1.54, 1.807) is 4.90 Å². The summed E-state index contributed by atoms with van der Waals surface area (Å²) in [4.78, 5) is 25.4. The fourth-order valence-corrected chi connectivity index (χ4v) is 3.32. The molecule has 2 N–H and O–H groups in total. The van der Waals surface area contributed by atoms with Gasteiger partial charge in [0.05, 0.1) is 24.7 Å². The van der Waals surface area contributed by atoms with E-state index in [1.807, 2.05) is 6.92 Å². The third kappa shape index (κ3) is 4.33. The second kappa shape index (κ2) is 7.11. The summed E-state index contributed by atoms with van der Waals surface area (Å²) in [6.07, 6.45) is 5.57. The van der Waals surface area contributed by atoms with E-state index in [1.165, 1.54) is 0 Å². The van der Waals surface area contributed by atoms with Gasteiger partial charge in [-0.05, 0) is 19.3 Å². The minimum Gasteiger partial charge on any atom is -0.481 e. The number of nitrogens with one attached hydrogen (secondary N) is 1. The maximum atomic E-state index is 12.5. The molecule has 1 unspecified atom stereocenters. The number of carboxylic acid groups (broad SMARTS) is 1. The van der Waals surface area contributed by atoms with E-state index >= 15 is 0 Å². The first-order chi connectivity index (χ1) is 10.0. The van der Waals surface area contributed by atoms with Gasteiger partial charge in [0.1, 0.15) is 0 Å². The molecule has 1 heterocycles. The van der Waals surface area contributed by atoms with Crippen molar-refractivity contribution in [2.45, 2.75) is 63.5 Å². The highest BCUT2D eigenvalue weighted by Gasteiger charge is 2.37. The molecule has 0 spiro atoms. The lowest BCUT2D eigenvalue weighted by molar-refractivity contribution is -0.139. The zero-order chi connectivity index (χ0) is 15.3. The standard InChI is InChI=1S/C15H26N2O4/c1-2-12-11-17(8-9-21-12)14(20)16-15(10-13(18)19)6-4-3-5-7-15/h12H,2-11H2,1H3,(H,16,20)(H,18,19). The monoisotopic (exact) mass is 298 g/mol. The van der Waals surface area contributed by atoms with Crippen molar-refractivity contribution in [3.63, 3.8) is 0 Å². The molecule has 0 radical (unpaired) electrons. The molecule has 0 bridgehead atoms. The number of urea groups is 1. The van der Waals surface area contributed by atoms with Crippen molar-refractivity contribution in [2.24, 2.45) is 0 Å². The summed E-state index contributed by atoms with van der Waals surface area (Å²) in [5.74, 6) is -0.842. The highest BCUT2D eigenvalue weighted by Crippen LogP contribution is 2.31. The average Bonchev–Trinajstić information content (AvgIpc) is 2.47. The molecule has 0 aromatic heterocycles. The molecule has 2 rings (SSSR count). The Hall–Kier alpha value is -1.30. The van der Waals surface area contributed by atoms with Crippen LogP contribution in [0.25, 0.3) is 0 Å². The van der Waals surface area contributed by atoms with E-state index in [9.17, 15) is 9.59 Å². The number of hydrogen-bond acceptors (Lipinski definition) is 3. The predicted octanol–water partition coefficient (Wildman–Crippen LogP) is 1.98. The smallest absolute Gasteiger partial charge is 0.318 e. The Bertz CT molecular complexity index is 380. The molecule has 6 nitrogen and oxygen atoms in total. The molecule has 21 heavy (non-hydrogen) atoms. The van der Waals surface area contributed by atoms with E-state index in [-0.39, 0.29) is 18.6 Å². The van der Waals surface area contributed by atoms with Crippen LogP contribution in [-0.4, -0.2) is 53.3 Å². The number of morpholine rings is 1. The van der Waals surface area contributed by atoms with Crippen molar-refractivity contribution in [2.75, 3.05) is 19.7 Å². The molecule has 2 fully saturated rings. The zero-order valence-corrected chi connectivity index (χ0v) is 12.8. The number of rotatable bonds is 4. The first-order valence-electron chi connectivity index (χ1n) is 7.95. The van der Waals surface area contributed by atoms with Crippen molar-refractivity contribution in [1.29, 1.82) is 0 Å². The number of ether oxygens (including phenoxy) is 1. The highest BCUT2D eigenvalue weighted by molar-refractivity contribution is 5.77. The molecule has 6 heteroatoms. The Morgan fingerprint density at radius 1 is 1.33 bits per heavy atom. The van der Waals surface area contributed by atoms with Gasteiger partial charge in [0, 0.05) is 13.1 Å². The first kappa shape index (κ1) is 16.1. The lowest BCUT2D eigenvalue weighted by atomic mass is 9.79. The van der Waals surface area contributed by atoms with Crippen LogP contribution in [0.2, 0.25) is 0 Å². The first-order valence-corrected chi connectivity index (χ1v) is 7.95. The molecule has 1 aliphatic carbocycles. The van der Waals surface area contributed by atoms with E-state index in [4.69, 9.17) is 9.84 Å². The molecule has 2 amide bonds. The summed E-state index contributed by atoms with van der Waals surface area (Å²) in [7, 11) is 0. The van der Waals surface area contributed by atoms with E-state index in [0.717, 1.165) is 38.5 Å². The van der Waals surface area contributed by atoms with Crippen LogP contribution in [0.3, 0.4) is 0 Å². The van der Waals surface area contributed by atoms with Gasteiger partial charge in [-0.1, -0.05) is 26.2 Å². The molecule has 120 valence electrons. The Labute approximate surface area is 125 Å². The van der Waals surface area contributed by atoms with Crippen LogP contribution in [0.1, 0.15) is 51.9 Å². The topological polar surface area (TPSA) is 78.9 Å². The lowest BCUT2D eigenvalue weighted by Crippen LogP contribution is -2.57. The maximum absolute atomic E-state index is 12.5. The largest absolute Gasteiger partial charge is 0.481 e. The molecule has 1 aliphatic heterocycles. The van der Waals surface area contributed by atoms with Gasteiger partial charge in [-0.25, -0.2) is 4.79 Å². The Balaban J connectivity index is 1.98. The number of carboxylic acids is 1. The van der Waals surface area contributed by atoms with Gasteiger partial charge < -0.3 is 20.1 Å². The Morgan fingerprint density at radius 2 is 2.05 bits per heavy atom. The van der Waals surface area contributed by atoms with Crippen LogP contribution < -0.4 is 5.32 Å². The van der Waals surface area contributed by atoms with E-state index in [0.29, 0.717) is 19.7 Å². The summed E-state index contributed by atoms with van der Waals surface area (Å²) in [6, 6.07) is -0.139. The average molecular weight is 298 g/mol. The van der Waals surface area contributed by atoms with Crippen LogP contribution in [0.5, 0.6) is 0 Å². The fraction of sp³-hybridized carbons (Fsp3) is 0.867. The van der Waals surface area contributed by atoms with Gasteiger partial charge in [0.25, 0.3) is 0 Å². The SMILES string of the molecule is CCC1CN(C(=O)NC2(CC(=O)O)CCCCC2)CCO1. The molecule has 1 saturated carbocycles. The van der Waals surface area contributed by atoms with Crippen LogP contribution in [0, 0.1) is 0 Å². The van der Waals surface area contributed by atoms with E-state index < -0.39 is 11.5 Å². The quantitative estimate of drug-likeness (QED) is 0.832. The molecule has 1 atom stereocenters.